The number of halogens is 1. The molecule has 2 N–H and O–H groups in total. The number of hydrogen-bond donors (Lipinski definition) is 1. The summed E-state index contributed by atoms with van der Waals surface area (Å²) in [6.45, 7) is 13.2. The molecule has 0 aliphatic rings. The van der Waals surface area contributed by atoms with Gasteiger partial charge in [0.15, 0.2) is 0 Å². The third kappa shape index (κ3) is 5.71. The lowest BCUT2D eigenvalue weighted by Crippen LogP contribution is -2.21. The zero-order chi connectivity index (χ0) is 12.7. The molecule has 0 saturated carbocycles. The fourth-order valence-electron chi connectivity index (χ4n) is 1.24. The summed E-state index contributed by atoms with van der Waals surface area (Å²) in [5, 5.41) is 0. The van der Waals surface area contributed by atoms with E-state index in [0.29, 0.717) is 5.57 Å². The van der Waals surface area contributed by atoms with Crippen molar-refractivity contribution in [2.75, 3.05) is 20.1 Å². The van der Waals surface area contributed by atoms with Crippen LogP contribution in [0.15, 0.2) is 36.3 Å². The minimum Gasteiger partial charge on any atom is -0.399 e. The van der Waals surface area contributed by atoms with Crippen LogP contribution in [0.4, 0.5) is 4.39 Å². The van der Waals surface area contributed by atoms with Crippen molar-refractivity contribution in [1.29, 1.82) is 0 Å². The van der Waals surface area contributed by atoms with E-state index in [0.717, 1.165) is 19.5 Å². The van der Waals surface area contributed by atoms with E-state index in [9.17, 15) is 4.39 Å². The molecule has 0 aliphatic heterocycles. The molecule has 0 radical (unpaired) electrons. The van der Waals surface area contributed by atoms with Crippen molar-refractivity contribution < 1.29 is 4.39 Å². The van der Waals surface area contributed by atoms with Crippen LogP contribution in [0.5, 0.6) is 0 Å². The molecule has 0 aromatic carbocycles. The van der Waals surface area contributed by atoms with Crippen LogP contribution in [0, 0.1) is 5.92 Å². The quantitative estimate of drug-likeness (QED) is 0.676. The smallest absolute Gasteiger partial charge is 0.128 e. The molecule has 0 aromatic heterocycles. The van der Waals surface area contributed by atoms with Gasteiger partial charge in [0.1, 0.15) is 5.83 Å². The average molecular weight is 226 g/mol. The lowest BCUT2D eigenvalue weighted by molar-refractivity contribution is 0.329. The molecule has 0 rings (SSSR count). The van der Waals surface area contributed by atoms with Gasteiger partial charge in [0.25, 0.3) is 0 Å². The summed E-state index contributed by atoms with van der Waals surface area (Å²) in [5.41, 5.74) is 6.03. The van der Waals surface area contributed by atoms with Crippen molar-refractivity contribution in [3.63, 3.8) is 0 Å². The van der Waals surface area contributed by atoms with Crippen molar-refractivity contribution >= 4 is 0 Å². The second-order valence-electron chi connectivity index (χ2n) is 4.18. The topological polar surface area (TPSA) is 29.3 Å². The van der Waals surface area contributed by atoms with Gasteiger partial charge in [-0.25, -0.2) is 4.39 Å². The van der Waals surface area contributed by atoms with E-state index in [1.165, 1.54) is 6.08 Å². The molecule has 0 spiro atoms. The maximum absolute atomic E-state index is 13.5. The highest BCUT2D eigenvalue weighted by Gasteiger charge is 2.11. The van der Waals surface area contributed by atoms with Crippen LogP contribution in [-0.2, 0) is 0 Å². The number of hydrogen-bond acceptors (Lipinski definition) is 2. The molecule has 92 valence electrons. The molecule has 0 amide bonds. The first-order chi connectivity index (χ1) is 7.38. The highest BCUT2D eigenvalue weighted by atomic mass is 19.1. The maximum atomic E-state index is 13.5. The van der Waals surface area contributed by atoms with E-state index in [1.54, 1.807) is 0 Å². The van der Waals surface area contributed by atoms with Crippen molar-refractivity contribution in [3.8, 4) is 0 Å². The van der Waals surface area contributed by atoms with Crippen LogP contribution in [-0.4, -0.2) is 25.0 Å². The van der Waals surface area contributed by atoms with Gasteiger partial charge in [-0.3, -0.25) is 0 Å². The molecule has 0 fully saturated rings. The molecule has 0 saturated heterocycles. The first-order valence-electron chi connectivity index (χ1n) is 5.57. The van der Waals surface area contributed by atoms with E-state index in [2.05, 4.69) is 25.0 Å². The van der Waals surface area contributed by atoms with Crippen molar-refractivity contribution in [2.45, 2.75) is 20.3 Å². The summed E-state index contributed by atoms with van der Waals surface area (Å²) in [7, 11) is 2.05. The second kappa shape index (κ2) is 7.23. The second-order valence-corrected chi connectivity index (χ2v) is 4.18. The highest BCUT2D eigenvalue weighted by Crippen LogP contribution is 2.22. The molecule has 1 atom stereocenters. The lowest BCUT2D eigenvalue weighted by atomic mass is 9.97. The molecule has 2 nitrogen and oxygen atoms in total. The normalized spacial score (nSPS) is 13.9. The van der Waals surface area contributed by atoms with E-state index in [1.807, 2.05) is 14.0 Å². The summed E-state index contributed by atoms with van der Waals surface area (Å²) in [6, 6.07) is 0. The van der Waals surface area contributed by atoms with Gasteiger partial charge in [0.2, 0.25) is 0 Å². The monoisotopic (exact) mass is 226 g/mol. The first-order valence-corrected chi connectivity index (χ1v) is 5.57. The summed E-state index contributed by atoms with van der Waals surface area (Å²) in [4.78, 5) is 2.19. The fraction of sp³-hybridized carbons (Fsp3) is 0.538. The summed E-state index contributed by atoms with van der Waals surface area (Å²) >= 11 is 0. The minimum absolute atomic E-state index is 0.115. The standard InChI is InChI=1S/C13H23FN2/c1-6-16(5)8-7-10(2)12(4)13(14)9-11(3)15/h9-10H,3-4,6-8,15H2,1-2,5H3/b13-9+. The van der Waals surface area contributed by atoms with Gasteiger partial charge < -0.3 is 10.6 Å². The van der Waals surface area contributed by atoms with Gasteiger partial charge in [-0.05, 0) is 44.1 Å². The van der Waals surface area contributed by atoms with E-state index in [4.69, 9.17) is 5.73 Å². The number of nitrogens with two attached hydrogens (primary N) is 1. The van der Waals surface area contributed by atoms with Gasteiger partial charge in [-0.15, -0.1) is 0 Å². The molecule has 0 aromatic rings. The number of allylic oxidation sites excluding steroid dienone is 3. The Hall–Kier alpha value is -1.09. The Balaban J connectivity index is 4.23. The molecule has 0 heterocycles. The minimum atomic E-state index is -0.362. The summed E-state index contributed by atoms with van der Waals surface area (Å²) in [6.07, 6.45) is 2.11. The Morgan fingerprint density at radius 1 is 1.50 bits per heavy atom. The molecule has 16 heavy (non-hydrogen) atoms. The van der Waals surface area contributed by atoms with Gasteiger partial charge in [0, 0.05) is 5.70 Å². The van der Waals surface area contributed by atoms with Crippen LogP contribution in [0.2, 0.25) is 0 Å². The molecule has 1 unspecified atom stereocenters. The van der Waals surface area contributed by atoms with Crippen LogP contribution >= 0.6 is 0 Å². The summed E-state index contributed by atoms with van der Waals surface area (Å²) in [5.74, 6) is -0.247. The number of rotatable bonds is 7. The van der Waals surface area contributed by atoms with E-state index in [-0.39, 0.29) is 17.4 Å². The largest absolute Gasteiger partial charge is 0.399 e. The highest BCUT2D eigenvalue weighted by molar-refractivity contribution is 5.29. The van der Waals surface area contributed by atoms with Crippen molar-refractivity contribution in [2.24, 2.45) is 11.7 Å². The molecule has 3 heteroatoms. The van der Waals surface area contributed by atoms with Gasteiger partial charge >= 0.3 is 0 Å². The van der Waals surface area contributed by atoms with E-state index >= 15 is 0 Å². The zero-order valence-corrected chi connectivity index (χ0v) is 10.6. The van der Waals surface area contributed by atoms with Crippen LogP contribution < -0.4 is 5.73 Å². The molecule has 0 aliphatic carbocycles. The Morgan fingerprint density at radius 2 is 2.06 bits per heavy atom. The van der Waals surface area contributed by atoms with Crippen LogP contribution in [0.3, 0.4) is 0 Å². The predicted octanol–water partition coefficient (Wildman–Crippen LogP) is 2.85. The third-order valence-electron chi connectivity index (χ3n) is 2.70. The average Bonchev–Trinajstić information content (AvgIpc) is 2.23. The Kier molecular flexibility index (Phi) is 6.74. The summed E-state index contributed by atoms with van der Waals surface area (Å²) < 4.78 is 13.5. The van der Waals surface area contributed by atoms with Gasteiger partial charge in [0.05, 0.1) is 0 Å². The van der Waals surface area contributed by atoms with Crippen LogP contribution in [0.1, 0.15) is 20.3 Å². The lowest BCUT2D eigenvalue weighted by Gasteiger charge is -2.18. The molecular formula is C13H23FN2. The SMILES string of the molecule is C=C(N)/C=C(/F)C(=C)C(C)CCN(C)CC. The Morgan fingerprint density at radius 3 is 2.50 bits per heavy atom. The predicted molar refractivity (Wildman–Crippen MR) is 68.6 cm³/mol. The molecular weight excluding hydrogens is 203 g/mol. The Bertz CT molecular complexity index is 282. The molecule has 0 bridgehead atoms. The van der Waals surface area contributed by atoms with Gasteiger partial charge in [-0.2, -0.15) is 0 Å². The zero-order valence-electron chi connectivity index (χ0n) is 10.6. The number of nitrogens with zero attached hydrogens (tertiary/aromatic N) is 1. The fourth-order valence-corrected chi connectivity index (χ4v) is 1.24. The van der Waals surface area contributed by atoms with Crippen molar-refractivity contribution in [3.05, 3.63) is 36.3 Å². The Labute approximate surface area is 98.3 Å². The maximum Gasteiger partial charge on any atom is 0.128 e. The van der Waals surface area contributed by atoms with Crippen molar-refractivity contribution in [1.82, 2.24) is 4.90 Å². The van der Waals surface area contributed by atoms with Crippen LogP contribution in [0.25, 0.3) is 0 Å². The first kappa shape index (κ1) is 14.9. The van der Waals surface area contributed by atoms with E-state index < -0.39 is 0 Å². The third-order valence-corrected chi connectivity index (χ3v) is 2.70. The van der Waals surface area contributed by atoms with Gasteiger partial charge in [-0.1, -0.05) is 27.0 Å².